The molecule has 0 spiro atoms. The van der Waals surface area contributed by atoms with Gasteiger partial charge in [-0.05, 0) is 56.9 Å². The Morgan fingerprint density at radius 2 is 1.92 bits per heavy atom. The molecule has 2 N–H and O–H groups in total. The minimum absolute atomic E-state index is 0.508. The fourth-order valence-corrected chi connectivity index (χ4v) is 2.62. The molecule has 0 amide bonds. The summed E-state index contributed by atoms with van der Waals surface area (Å²) >= 11 is 0. The Bertz CT molecular complexity index is 667. The van der Waals surface area contributed by atoms with Crippen LogP contribution in [0.1, 0.15) is 39.7 Å². The second-order valence-electron chi connectivity index (χ2n) is 6.57. The molecule has 0 atom stereocenters. The molecule has 0 fully saturated rings. The van der Waals surface area contributed by atoms with Gasteiger partial charge in [-0.15, -0.1) is 5.10 Å². The number of hydrogen-bond donors (Lipinski definition) is 2. The van der Waals surface area contributed by atoms with Crippen LogP contribution >= 0.6 is 0 Å². The molecule has 1 heterocycles. The molecule has 0 aliphatic carbocycles. The fourth-order valence-electron chi connectivity index (χ4n) is 2.62. The Morgan fingerprint density at radius 3 is 2.56 bits per heavy atom. The van der Waals surface area contributed by atoms with Gasteiger partial charge in [0.25, 0.3) is 0 Å². The summed E-state index contributed by atoms with van der Waals surface area (Å²) in [5.41, 5.74) is 3.39. The van der Waals surface area contributed by atoms with Gasteiger partial charge in [0.1, 0.15) is 0 Å². The van der Waals surface area contributed by atoms with E-state index >= 15 is 0 Å². The highest BCUT2D eigenvalue weighted by molar-refractivity contribution is 5.64. The van der Waals surface area contributed by atoms with E-state index in [1.807, 2.05) is 0 Å². The van der Waals surface area contributed by atoms with Crippen molar-refractivity contribution in [2.45, 2.75) is 41.0 Å². The van der Waals surface area contributed by atoms with Gasteiger partial charge in [-0.1, -0.05) is 13.8 Å². The zero-order valence-electron chi connectivity index (χ0n) is 16.0. The normalized spacial score (nSPS) is 10.8. The minimum atomic E-state index is 0.508. The van der Waals surface area contributed by atoms with Crippen LogP contribution in [-0.4, -0.2) is 34.8 Å². The molecule has 6 heteroatoms. The van der Waals surface area contributed by atoms with Crippen molar-refractivity contribution in [2.24, 2.45) is 5.92 Å². The van der Waals surface area contributed by atoms with Crippen LogP contribution in [0.15, 0.2) is 24.4 Å². The van der Waals surface area contributed by atoms with Crippen molar-refractivity contribution < 1.29 is 0 Å². The molecule has 1 aromatic carbocycles. The van der Waals surface area contributed by atoms with Crippen molar-refractivity contribution in [1.82, 2.24) is 15.2 Å². The highest BCUT2D eigenvalue weighted by atomic mass is 15.3. The predicted octanol–water partition coefficient (Wildman–Crippen LogP) is 4.23. The zero-order valence-corrected chi connectivity index (χ0v) is 16.0. The van der Waals surface area contributed by atoms with Gasteiger partial charge >= 0.3 is 0 Å². The van der Waals surface area contributed by atoms with E-state index in [2.05, 4.69) is 83.5 Å². The molecular formula is C19H30N6. The maximum Gasteiger partial charge on any atom is 0.249 e. The largest absolute Gasteiger partial charge is 0.372 e. The molecule has 2 rings (SSSR count). The summed E-state index contributed by atoms with van der Waals surface area (Å²) in [7, 11) is 0. The topological polar surface area (TPSA) is 66.0 Å². The van der Waals surface area contributed by atoms with Gasteiger partial charge in [0.15, 0.2) is 5.82 Å². The Hall–Kier alpha value is -2.37. The lowest BCUT2D eigenvalue weighted by Crippen LogP contribution is -2.21. The van der Waals surface area contributed by atoms with Crippen molar-refractivity contribution in [3.63, 3.8) is 0 Å². The molecule has 0 saturated carbocycles. The van der Waals surface area contributed by atoms with Crippen LogP contribution in [0.4, 0.5) is 23.1 Å². The van der Waals surface area contributed by atoms with Gasteiger partial charge in [0.2, 0.25) is 5.95 Å². The van der Waals surface area contributed by atoms with E-state index in [4.69, 9.17) is 0 Å². The monoisotopic (exact) mass is 342 g/mol. The van der Waals surface area contributed by atoms with E-state index in [9.17, 15) is 0 Å². The molecular weight excluding hydrogens is 312 g/mol. The van der Waals surface area contributed by atoms with Crippen molar-refractivity contribution in [1.29, 1.82) is 0 Å². The lowest BCUT2D eigenvalue weighted by molar-refractivity contribution is 0.606. The first-order chi connectivity index (χ1) is 12.0. The molecule has 1 aromatic heterocycles. The van der Waals surface area contributed by atoms with Gasteiger partial charge in [0.05, 0.1) is 6.20 Å². The highest BCUT2D eigenvalue weighted by Crippen LogP contribution is 2.24. The number of aromatic nitrogens is 3. The number of anilines is 4. The van der Waals surface area contributed by atoms with Crippen molar-refractivity contribution >= 4 is 23.1 Å². The molecule has 0 radical (unpaired) electrons. The summed E-state index contributed by atoms with van der Waals surface area (Å²) in [6.07, 6.45) is 2.75. The first-order valence-corrected chi connectivity index (χ1v) is 9.09. The zero-order chi connectivity index (χ0) is 18.2. The predicted molar refractivity (Wildman–Crippen MR) is 106 cm³/mol. The van der Waals surface area contributed by atoms with Crippen LogP contribution in [0.3, 0.4) is 0 Å². The second kappa shape index (κ2) is 9.20. The summed E-state index contributed by atoms with van der Waals surface area (Å²) in [6.45, 7) is 13.7. The molecule has 0 aliphatic heterocycles. The average molecular weight is 342 g/mol. The molecule has 0 saturated heterocycles. The quantitative estimate of drug-likeness (QED) is 0.711. The van der Waals surface area contributed by atoms with Crippen LogP contribution in [0, 0.1) is 12.8 Å². The third kappa shape index (κ3) is 5.59. The maximum atomic E-state index is 4.49. The van der Waals surface area contributed by atoms with Crippen molar-refractivity contribution in [3.05, 3.63) is 30.0 Å². The van der Waals surface area contributed by atoms with Gasteiger partial charge in [-0.25, -0.2) is 0 Å². The Morgan fingerprint density at radius 1 is 1.16 bits per heavy atom. The van der Waals surface area contributed by atoms with E-state index in [1.165, 1.54) is 5.69 Å². The molecule has 2 aromatic rings. The SMILES string of the molecule is CCN(CC)c1ccc(Nc2nncc(NCCC(C)C)n2)c(C)c1. The second-order valence-corrected chi connectivity index (χ2v) is 6.57. The van der Waals surface area contributed by atoms with Gasteiger partial charge in [-0.3, -0.25) is 0 Å². The van der Waals surface area contributed by atoms with Gasteiger partial charge in [-0.2, -0.15) is 10.1 Å². The van der Waals surface area contributed by atoms with E-state index in [1.54, 1.807) is 6.20 Å². The third-order valence-corrected chi connectivity index (χ3v) is 4.17. The number of nitrogens with one attached hydrogen (secondary N) is 2. The first kappa shape index (κ1) is 19.0. The van der Waals surface area contributed by atoms with E-state index in [0.717, 1.165) is 43.1 Å². The molecule has 136 valence electrons. The molecule has 0 bridgehead atoms. The molecule has 6 nitrogen and oxygen atoms in total. The van der Waals surface area contributed by atoms with Crippen molar-refractivity contribution in [3.8, 4) is 0 Å². The van der Waals surface area contributed by atoms with Crippen LogP contribution in [0.5, 0.6) is 0 Å². The van der Waals surface area contributed by atoms with Crippen molar-refractivity contribution in [2.75, 3.05) is 35.2 Å². The number of nitrogens with zero attached hydrogens (tertiary/aromatic N) is 4. The van der Waals surface area contributed by atoms with Crippen LogP contribution in [-0.2, 0) is 0 Å². The summed E-state index contributed by atoms with van der Waals surface area (Å²) in [4.78, 5) is 6.82. The number of benzene rings is 1. The lowest BCUT2D eigenvalue weighted by atomic mass is 10.1. The smallest absolute Gasteiger partial charge is 0.249 e. The standard InChI is InChI=1S/C19H30N6/c1-6-25(7-2)16-8-9-17(15(5)12-16)22-19-23-18(13-21-24-19)20-11-10-14(3)4/h8-9,12-14H,6-7,10-11H2,1-5H3,(H2,20,22,23,24). The fraction of sp³-hybridized carbons (Fsp3) is 0.526. The summed E-state index contributed by atoms with van der Waals surface area (Å²) < 4.78 is 0. The summed E-state index contributed by atoms with van der Waals surface area (Å²) in [5, 5.41) is 14.7. The Kier molecular flexibility index (Phi) is 6.98. The van der Waals surface area contributed by atoms with E-state index in [0.29, 0.717) is 11.9 Å². The van der Waals surface area contributed by atoms with Crippen LogP contribution < -0.4 is 15.5 Å². The number of rotatable bonds is 9. The Balaban J connectivity index is 2.06. The van der Waals surface area contributed by atoms with Crippen LogP contribution in [0.25, 0.3) is 0 Å². The lowest BCUT2D eigenvalue weighted by Gasteiger charge is -2.22. The molecule has 25 heavy (non-hydrogen) atoms. The summed E-state index contributed by atoms with van der Waals surface area (Å²) in [5.74, 6) is 1.91. The summed E-state index contributed by atoms with van der Waals surface area (Å²) in [6, 6.07) is 6.39. The number of aryl methyl sites for hydroxylation is 1. The Labute approximate surface area is 151 Å². The average Bonchev–Trinajstić information content (AvgIpc) is 2.58. The maximum absolute atomic E-state index is 4.49. The molecule has 0 unspecified atom stereocenters. The van der Waals surface area contributed by atoms with E-state index < -0.39 is 0 Å². The van der Waals surface area contributed by atoms with Crippen LogP contribution in [0.2, 0.25) is 0 Å². The highest BCUT2D eigenvalue weighted by Gasteiger charge is 2.07. The van der Waals surface area contributed by atoms with Gasteiger partial charge in [0, 0.05) is 31.0 Å². The van der Waals surface area contributed by atoms with E-state index in [-0.39, 0.29) is 0 Å². The first-order valence-electron chi connectivity index (χ1n) is 9.09. The minimum Gasteiger partial charge on any atom is -0.372 e. The molecule has 0 aliphatic rings. The number of hydrogen-bond acceptors (Lipinski definition) is 6. The van der Waals surface area contributed by atoms with Gasteiger partial charge < -0.3 is 15.5 Å². The third-order valence-electron chi connectivity index (χ3n) is 4.17.